The molecular weight excluding hydrogens is 389 g/mol. The monoisotopic (exact) mass is 408 g/mol. The number of imide groups is 1. The zero-order valence-corrected chi connectivity index (χ0v) is 15.5. The molecule has 0 heterocycles. The van der Waals surface area contributed by atoms with Gasteiger partial charge in [0, 0.05) is 12.2 Å². The Balaban J connectivity index is 2.55. The molecule has 0 aromatic heterocycles. The van der Waals surface area contributed by atoms with Gasteiger partial charge in [-0.25, -0.2) is 4.79 Å². The fourth-order valence-corrected chi connectivity index (χ4v) is 2.24. The number of nitrogens with one attached hydrogen (secondary N) is 3. The number of anilines is 1. The zero-order valence-electron chi connectivity index (χ0n) is 14.7. The molecule has 0 radical (unpaired) electrons. The number of rotatable bonds is 7. The number of hydrogen-bond donors (Lipinski definition) is 3. The van der Waals surface area contributed by atoms with Crippen molar-refractivity contribution in [1.29, 1.82) is 0 Å². The first kappa shape index (κ1) is 22.7. The van der Waals surface area contributed by atoms with Crippen molar-refractivity contribution in [2.45, 2.75) is 19.5 Å². The largest absolute Gasteiger partial charge is 0.417 e. The summed E-state index contributed by atoms with van der Waals surface area (Å²) in [5, 5.41) is 6.39. The molecule has 11 heteroatoms. The van der Waals surface area contributed by atoms with Crippen LogP contribution in [0.2, 0.25) is 5.02 Å². The molecule has 7 nitrogen and oxygen atoms in total. The molecule has 3 N–H and O–H groups in total. The molecule has 1 aromatic carbocycles. The summed E-state index contributed by atoms with van der Waals surface area (Å²) >= 11 is 5.51. The Morgan fingerprint density at radius 1 is 1.15 bits per heavy atom. The molecule has 0 saturated heterocycles. The first-order valence-electron chi connectivity index (χ1n) is 7.95. The maximum atomic E-state index is 12.8. The zero-order chi connectivity index (χ0) is 20.6. The van der Waals surface area contributed by atoms with E-state index in [-0.39, 0.29) is 18.8 Å². The van der Waals surface area contributed by atoms with E-state index in [1.165, 1.54) is 18.0 Å². The van der Waals surface area contributed by atoms with Gasteiger partial charge >= 0.3 is 12.2 Å². The van der Waals surface area contributed by atoms with Crippen molar-refractivity contribution in [3.63, 3.8) is 0 Å². The van der Waals surface area contributed by atoms with E-state index in [2.05, 4.69) is 16.0 Å². The number of carbonyl (C=O) groups is 3. The molecule has 0 fully saturated rings. The third-order valence-electron chi connectivity index (χ3n) is 3.17. The van der Waals surface area contributed by atoms with E-state index in [1.54, 1.807) is 0 Å². The molecule has 1 aromatic rings. The van der Waals surface area contributed by atoms with Crippen molar-refractivity contribution < 1.29 is 27.6 Å². The molecule has 0 aliphatic rings. The lowest BCUT2D eigenvalue weighted by Crippen LogP contribution is -2.45. The van der Waals surface area contributed by atoms with Crippen LogP contribution >= 0.6 is 11.6 Å². The van der Waals surface area contributed by atoms with Gasteiger partial charge in [0.15, 0.2) is 0 Å². The standard InChI is InChI=1S/C16H20ClF3N4O3/c1-3-6-21-15(27)23-14(26)9-24(2)8-13(25)22-10-4-5-12(17)11(7-10)16(18,19)20/h4-5,7H,3,6,8-9H2,1-2H3,(H,22,25)(H2,21,23,26,27). The van der Waals surface area contributed by atoms with Crippen molar-refractivity contribution in [3.8, 4) is 0 Å². The molecule has 150 valence electrons. The number of urea groups is 1. The summed E-state index contributed by atoms with van der Waals surface area (Å²) < 4.78 is 38.5. The second-order valence-corrected chi connectivity index (χ2v) is 6.12. The van der Waals surface area contributed by atoms with Gasteiger partial charge in [0.25, 0.3) is 0 Å². The van der Waals surface area contributed by atoms with Crippen molar-refractivity contribution in [3.05, 3.63) is 28.8 Å². The van der Waals surface area contributed by atoms with E-state index in [0.717, 1.165) is 12.1 Å². The second-order valence-electron chi connectivity index (χ2n) is 5.72. The highest BCUT2D eigenvalue weighted by Crippen LogP contribution is 2.36. The van der Waals surface area contributed by atoms with E-state index in [4.69, 9.17) is 11.6 Å². The van der Waals surface area contributed by atoms with Gasteiger partial charge in [-0.1, -0.05) is 18.5 Å². The highest BCUT2D eigenvalue weighted by molar-refractivity contribution is 6.31. The number of alkyl halides is 3. The fraction of sp³-hybridized carbons (Fsp3) is 0.438. The maximum absolute atomic E-state index is 12.8. The van der Waals surface area contributed by atoms with Crippen LogP contribution in [0.4, 0.5) is 23.7 Å². The van der Waals surface area contributed by atoms with Crippen molar-refractivity contribution in [2.24, 2.45) is 0 Å². The lowest BCUT2D eigenvalue weighted by atomic mass is 10.2. The van der Waals surface area contributed by atoms with Crippen LogP contribution in [0.25, 0.3) is 0 Å². The summed E-state index contributed by atoms with van der Waals surface area (Å²) in [5.41, 5.74) is -1.14. The quantitative estimate of drug-likeness (QED) is 0.646. The normalized spacial score (nSPS) is 11.2. The molecule has 0 spiro atoms. The molecular formula is C16H20ClF3N4O3. The molecule has 4 amide bonds. The lowest BCUT2D eigenvalue weighted by Gasteiger charge is -2.16. The van der Waals surface area contributed by atoms with Crippen LogP contribution in [0.3, 0.4) is 0 Å². The molecule has 0 saturated carbocycles. The van der Waals surface area contributed by atoms with Crippen molar-refractivity contribution in [2.75, 3.05) is 32.0 Å². The van der Waals surface area contributed by atoms with E-state index in [0.29, 0.717) is 13.0 Å². The number of hydrogen-bond acceptors (Lipinski definition) is 4. The number of halogens is 4. The Bertz CT molecular complexity index is 698. The fourth-order valence-electron chi connectivity index (χ4n) is 2.02. The Morgan fingerprint density at radius 3 is 2.37 bits per heavy atom. The number of nitrogens with zero attached hydrogens (tertiary/aromatic N) is 1. The summed E-state index contributed by atoms with van der Waals surface area (Å²) in [7, 11) is 1.45. The average Bonchev–Trinajstić information content (AvgIpc) is 2.53. The average molecular weight is 409 g/mol. The topological polar surface area (TPSA) is 90.5 Å². The Labute approximate surface area is 159 Å². The summed E-state index contributed by atoms with van der Waals surface area (Å²) in [6.45, 7) is 1.75. The maximum Gasteiger partial charge on any atom is 0.417 e. The van der Waals surface area contributed by atoms with Gasteiger partial charge in [-0.15, -0.1) is 0 Å². The van der Waals surface area contributed by atoms with E-state index in [1.807, 2.05) is 6.92 Å². The minimum absolute atomic E-state index is 0.0754. The number of carbonyl (C=O) groups excluding carboxylic acids is 3. The van der Waals surface area contributed by atoms with Crippen LogP contribution < -0.4 is 16.0 Å². The molecule has 0 atom stereocenters. The number of benzene rings is 1. The van der Waals surface area contributed by atoms with E-state index < -0.39 is 34.6 Å². The third-order valence-corrected chi connectivity index (χ3v) is 3.50. The van der Waals surface area contributed by atoms with Crippen LogP contribution in [0.5, 0.6) is 0 Å². The minimum Gasteiger partial charge on any atom is -0.338 e. The summed E-state index contributed by atoms with van der Waals surface area (Å²) in [6.07, 6.45) is -3.94. The predicted octanol–water partition coefficient (Wildman–Crippen LogP) is 2.46. The molecule has 0 aliphatic heterocycles. The second kappa shape index (κ2) is 10.1. The number of amides is 4. The molecule has 0 aliphatic carbocycles. The SMILES string of the molecule is CCCNC(=O)NC(=O)CN(C)CC(=O)Nc1ccc(Cl)c(C(F)(F)F)c1. The van der Waals surface area contributed by atoms with Gasteiger partial charge in [0.05, 0.1) is 23.7 Å². The number of likely N-dealkylation sites (N-methyl/N-ethyl adjacent to an activating group) is 1. The van der Waals surface area contributed by atoms with Gasteiger partial charge in [-0.05, 0) is 31.7 Å². The Kier molecular flexibility index (Phi) is 8.51. The first-order valence-corrected chi connectivity index (χ1v) is 8.33. The Morgan fingerprint density at radius 2 is 1.78 bits per heavy atom. The molecule has 1 rings (SSSR count). The smallest absolute Gasteiger partial charge is 0.338 e. The molecule has 27 heavy (non-hydrogen) atoms. The van der Waals surface area contributed by atoms with Crippen LogP contribution in [0.1, 0.15) is 18.9 Å². The van der Waals surface area contributed by atoms with Crippen LogP contribution in [0, 0.1) is 0 Å². The van der Waals surface area contributed by atoms with Crippen LogP contribution in [-0.4, -0.2) is 49.4 Å². The molecule has 0 bridgehead atoms. The summed E-state index contributed by atoms with van der Waals surface area (Å²) in [6, 6.07) is 2.36. The Hall–Kier alpha value is -2.33. The first-order chi connectivity index (χ1) is 12.5. The lowest BCUT2D eigenvalue weighted by molar-refractivity contribution is -0.137. The van der Waals surface area contributed by atoms with Crippen LogP contribution in [0.15, 0.2) is 18.2 Å². The van der Waals surface area contributed by atoms with Gasteiger partial charge in [-0.3, -0.25) is 19.8 Å². The van der Waals surface area contributed by atoms with E-state index >= 15 is 0 Å². The summed E-state index contributed by atoms with van der Waals surface area (Å²) in [5.74, 6) is -1.25. The van der Waals surface area contributed by atoms with E-state index in [9.17, 15) is 27.6 Å². The van der Waals surface area contributed by atoms with Gasteiger partial charge in [-0.2, -0.15) is 13.2 Å². The van der Waals surface area contributed by atoms with Gasteiger partial charge in [0.2, 0.25) is 11.8 Å². The highest BCUT2D eigenvalue weighted by Gasteiger charge is 2.33. The minimum atomic E-state index is -4.65. The van der Waals surface area contributed by atoms with Crippen molar-refractivity contribution >= 4 is 35.1 Å². The molecule has 0 unspecified atom stereocenters. The van der Waals surface area contributed by atoms with Gasteiger partial charge in [0.1, 0.15) is 0 Å². The summed E-state index contributed by atoms with van der Waals surface area (Å²) in [4.78, 5) is 36.3. The van der Waals surface area contributed by atoms with Gasteiger partial charge < -0.3 is 10.6 Å². The predicted molar refractivity (Wildman–Crippen MR) is 94.4 cm³/mol. The third kappa shape index (κ3) is 8.27. The van der Waals surface area contributed by atoms with Crippen molar-refractivity contribution in [1.82, 2.24) is 15.5 Å². The highest BCUT2D eigenvalue weighted by atomic mass is 35.5. The van der Waals surface area contributed by atoms with Crippen LogP contribution in [-0.2, 0) is 15.8 Å².